The molecule has 1 aromatic carbocycles. The van der Waals surface area contributed by atoms with Crippen LogP contribution in [0.25, 0.3) is 0 Å². The molecule has 0 saturated carbocycles. The second-order valence-electron chi connectivity index (χ2n) is 5.41. The van der Waals surface area contributed by atoms with Gasteiger partial charge in [-0.1, -0.05) is 12.1 Å². The summed E-state index contributed by atoms with van der Waals surface area (Å²) in [6.45, 7) is 0. The van der Waals surface area contributed by atoms with Crippen molar-refractivity contribution < 1.29 is 57.4 Å². The first-order valence-corrected chi connectivity index (χ1v) is 6.78. The van der Waals surface area contributed by atoms with Gasteiger partial charge in [0.25, 0.3) is 0 Å². The zero-order valence-corrected chi connectivity index (χ0v) is 13.0. The van der Waals surface area contributed by atoms with Crippen molar-refractivity contribution in [3.63, 3.8) is 0 Å². The van der Waals surface area contributed by atoms with Gasteiger partial charge in [0.1, 0.15) is 5.82 Å². The van der Waals surface area contributed by atoms with Crippen molar-refractivity contribution in [1.29, 1.82) is 0 Å². The molecule has 156 valence electrons. The Kier molecular flexibility index (Phi) is 6.11. The average molecular weight is 422 g/mol. The first-order valence-electron chi connectivity index (χ1n) is 6.78. The Morgan fingerprint density at radius 1 is 0.815 bits per heavy atom. The number of hydrogen-bond donors (Lipinski definition) is 0. The topological polar surface area (TPSA) is 9.23 Å². The van der Waals surface area contributed by atoms with Gasteiger partial charge in [0.15, 0.2) is 0 Å². The molecule has 0 spiro atoms. The number of hydrogen-bond acceptors (Lipinski definition) is 1. The Bertz CT molecular complexity index is 652. The maximum atomic E-state index is 13.7. The van der Waals surface area contributed by atoms with Crippen LogP contribution in [-0.2, 0) is 4.74 Å². The Balaban J connectivity index is 3.30. The molecule has 0 aliphatic rings. The fourth-order valence-corrected chi connectivity index (χ4v) is 2.01. The summed E-state index contributed by atoms with van der Waals surface area (Å²) in [5, 5.41) is 0. The van der Waals surface area contributed by atoms with E-state index in [1.54, 1.807) is 0 Å². The van der Waals surface area contributed by atoms with E-state index in [-0.39, 0.29) is 0 Å². The molecule has 0 heterocycles. The summed E-state index contributed by atoms with van der Waals surface area (Å²) < 4.78 is 160. The number of halogens is 12. The number of benzene rings is 1. The molecule has 0 aromatic heterocycles. The number of ether oxygens (including phenoxy) is 1. The van der Waals surface area contributed by atoms with Gasteiger partial charge in [-0.05, 0) is 17.7 Å². The Morgan fingerprint density at radius 3 is 1.74 bits per heavy atom. The predicted octanol–water partition coefficient (Wildman–Crippen LogP) is 6.01. The van der Waals surface area contributed by atoms with E-state index in [1.165, 1.54) is 0 Å². The van der Waals surface area contributed by atoms with E-state index in [0.29, 0.717) is 13.2 Å². The van der Waals surface area contributed by atoms with Crippen LogP contribution in [-0.4, -0.2) is 37.0 Å². The van der Waals surface area contributed by atoms with Crippen molar-refractivity contribution in [2.24, 2.45) is 0 Å². The highest BCUT2D eigenvalue weighted by Crippen LogP contribution is 2.58. The Morgan fingerprint density at radius 2 is 1.33 bits per heavy atom. The molecule has 0 radical (unpaired) electrons. The van der Waals surface area contributed by atoms with Crippen molar-refractivity contribution in [1.82, 2.24) is 0 Å². The van der Waals surface area contributed by atoms with Gasteiger partial charge in [-0.25, -0.2) is 4.39 Å². The highest BCUT2D eigenvalue weighted by Gasteiger charge is 2.87. The monoisotopic (exact) mass is 422 g/mol. The average Bonchev–Trinajstić information content (AvgIpc) is 2.50. The fourth-order valence-electron chi connectivity index (χ4n) is 2.01. The summed E-state index contributed by atoms with van der Waals surface area (Å²) in [6.07, 6.45) is -11.9. The van der Waals surface area contributed by atoms with Crippen molar-refractivity contribution in [3.05, 3.63) is 35.6 Å². The van der Waals surface area contributed by atoms with Crippen molar-refractivity contribution in [2.45, 2.75) is 42.4 Å². The minimum Gasteiger partial charge on any atom is -0.377 e. The van der Waals surface area contributed by atoms with E-state index in [0.717, 1.165) is 18.2 Å². The van der Waals surface area contributed by atoms with Gasteiger partial charge in [-0.2, -0.15) is 48.3 Å². The Labute approximate surface area is 143 Å². The van der Waals surface area contributed by atoms with Crippen LogP contribution in [0, 0.1) is 5.82 Å². The van der Waals surface area contributed by atoms with Crippen LogP contribution in [0.15, 0.2) is 24.3 Å². The van der Waals surface area contributed by atoms with Crippen LogP contribution in [0.4, 0.5) is 52.7 Å². The molecule has 1 rings (SSSR count). The summed E-state index contributed by atoms with van der Waals surface area (Å²) in [6, 6.07) is 3.10. The van der Waals surface area contributed by atoms with Gasteiger partial charge in [0, 0.05) is 13.5 Å². The SMILES string of the molecule is COC(CC(F)(F)C(F)(F)C(F)(F)C(F)(F)C(F)(F)F)c1cccc(F)c1. The Hall–Kier alpha value is -1.66. The van der Waals surface area contributed by atoms with E-state index >= 15 is 0 Å². The third-order valence-electron chi connectivity index (χ3n) is 3.55. The zero-order valence-electron chi connectivity index (χ0n) is 13.0. The molecule has 1 unspecified atom stereocenters. The fraction of sp³-hybridized carbons (Fsp3) is 0.571. The van der Waals surface area contributed by atoms with Gasteiger partial charge in [-0.3, -0.25) is 0 Å². The lowest BCUT2D eigenvalue weighted by Gasteiger charge is -2.38. The molecule has 0 fully saturated rings. The van der Waals surface area contributed by atoms with E-state index < -0.39 is 53.8 Å². The number of alkyl halides is 11. The summed E-state index contributed by atoms with van der Waals surface area (Å²) in [4.78, 5) is 0. The number of methoxy groups -OCH3 is 1. The van der Waals surface area contributed by atoms with Gasteiger partial charge in [-0.15, -0.1) is 0 Å². The van der Waals surface area contributed by atoms with Crippen LogP contribution in [0.1, 0.15) is 18.1 Å². The van der Waals surface area contributed by atoms with E-state index in [9.17, 15) is 52.7 Å². The van der Waals surface area contributed by atoms with Crippen molar-refractivity contribution >= 4 is 0 Å². The van der Waals surface area contributed by atoms with Gasteiger partial charge in [0.05, 0.1) is 6.10 Å². The highest BCUT2D eigenvalue weighted by molar-refractivity contribution is 5.20. The lowest BCUT2D eigenvalue weighted by molar-refractivity contribution is -0.423. The third-order valence-corrected chi connectivity index (χ3v) is 3.55. The van der Waals surface area contributed by atoms with E-state index in [2.05, 4.69) is 4.74 Å². The second kappa shape index (κ2) is 7.06. The maximum absolute atomic E-state index is 13.7. The molecular formula is C14H10F12O. The maximum Gasteiger partial charge on any atom is 0.460 e. The molecule has 1 atom stereocenters. The first-order chi connectivity index (χ1) is 11.9. The van der Waals surface area contributed by atoms with Gasteiger partial charge >= 0.3 is 29.9 Å². The molecule has 0 N–H and O–H groups in total. The first kappa shape index (κ1) is 23.4. The van der Waals surface area contributed by atoms with Crippen LogP contribution in [0.2, 0.25) is 0 Å². The standard InChI is InChI=1S/C14H10F12O/c1-27-9(7-3-2-4-8(15)5-7)6-10(16,17)11(18,19)12(20,21)13(22,23)14(24,25)26/h2-5,9H,6H2,1H3. The lowest BCUT2D eigenvalue weighted by Crippen LogP contribution is -2.66. The van der Waals surface area contributed by atoms with E-state index in [4.69, 9.17) is 0 Å². The predicted molar refractivity (Wildman–Crippen MR) is 66.6 cm³/mol. The molecule has 0 bridgehead atoms. The van der Waals surface area contributed by atoms with Crippen molar-refractivity contribution in [2.75, 3.05) is 7.11 Å². The lowest BCUT2D eigenvalue weighted by atomic mass is 9.92. The van der Waals surface area contributed by atoms with Crippen LogP contribution in [0.3, 0.4) is 0 Å². The minimum atomic E-state index is -7.48. The molecule has 0 aliphatic carbocycles. The highest BCUT2D eigenvalue weighted by atomic mass is 19.4. The van der Waals surface area contributed by atoms with Crippen LogP contribution in [0.5, 0.6) is 0 Å². The largest absolute Gasteiger partial charge is 0.460 e. The summed E-state index contributed by atoms with van der Waals surface area (Å²) in [7, 11) is 0.631. The molecule has 27 heavy (non-hydrogen) atoms. The molecular weight excluding hydrogens is 412 g/mol. The molecule has 0 saturated heterocycles. The van der Waals surface area contributed by atoms with Crippen LogP contribution < -0.4 is 0 Å². The summed E-state index contributed by atoms with van der Waals surface area (Å²) >= 11 is 0. The molecule has 1 nitrogen and oxygen atoms in total. The smallest absolute Gasteiger partial charge is 0.377 e. The van der Waals surface area contributed by atoms with Gasteiger partial charge < -0.3 is 4.74 Å². The molecule has 0 amide bonds. The quantitative estimate of drug-likeness (QED) is 0.490. The second-order valence-corrected chi connectivity index (χ2v) is 5.41. The molecule has 13 heteroatoms. The minimum absolute atomic E-state index is 0.505. The molecule has 0 aliphatic heterocycles. The van der Waals surface area contributed by atoms with Crippen LogP contribution >= 0.6 is 0 Å². The van der Waals surface area contributed by atoms with Gasteiger partial charge in [0.2, 0.25) is 0 Å². The number of rotatable bonds is 7. The normalized spacial score (nSPS) is 15.7. The van der Waals surface area contributed by atoms with E-state index in [1.807, 2.05) is 0 Å². The molecule has 1 aromatic rings. The third kappa shape index (κ3) is 3.97. The summed E-state index contributed by atoms with van der Waals surface area (Å²) in [5.74, 6) is -29.2. The summed E-state index contributed by atoms with van der Waals surface area (Å²) in [5.41, 5.74) is -0.557. The van der Waals surface area contributed by atoms with Crippen molar-refractivity contribution in [3.8, 4) is 0 Å². The zero-order chi connectivity index (χ0) is 21.5.